The monoisotopic (exact) mass is 362 g/mol. The number of aromatic nitrogens is 4. The van der Waals surface area contributed by atoms with Crippen molar-refractivity contribution in [1.82, 2.24) is 19.5 Å². The van der Waals surface area contributed by atoms with Crippen molar-refractivity contribution in [2.75, 3.05) is 23.3 Å². The summed E-state index contributed by atoms with van der Waals surface area (Å²) in [6.45, 7) is 4.04. The Hall–Kier alpha value is -3.22. The number of nitrogens with one attached hydrogen (secondary N) is 1. The Morgan fingerprint density at radius 1 is 1.00 bits per heavy atom. The van der Waals surface area contributed by atoms with Crippen LogP contribution in [-0.2, 0) is 0 Å². The fourth-order valence-electron chi connectivity index (χ4n) is 3.17. The number of rotatable bonds is 4. The van der Waals surface area contributed by atoms with Crippen LogP contribution in [0.3, 0.4) is 0 Å². The van der Waals surface area contributed by atoms with Crippen LogP contribution < -0.4 is 10.2 Å². The lowest BCUT2D eigenvalue weighted by Gasteiger charge is -2.27. The van der Waals surface area contributed by atoms with E-state index in [9.17, 15) is 4.79 Å². The number of anilines is 2. The van der Waals surface area contributed by atoms with Crippen LogP contribution in [0.5, 0.6) is 0 Å². The lowest BCUT2D eigenvalue weighted by atomic mass is 10.1. The van der Waals surface area contributed by atoms with Gasteiger partial charge in [-0.15, -0.1) is 0 Å². The molecular weight excluding hydrogens is 340 g/mol. The molecule has 0 radical (unpaired) electrons. The number of aryl methyl sites for hydroxylation is 1. The van der Waals surface area contributed by atoms with Crippen LogP contribution in [0.2, 0.25) is 0 Å². The fourth-order valence-corrected chi connectivity index (χ4v) is 3.17. The number of amides is 1. The molecule has 1 saturated heterocycles. The second-order valence-corrected chi connectivity index (χ2v) is 6.77. The van der Waals surface area contributed by atoms with E-state index in [1.807, 2.05) is 37.3 Å². The average Bonchev–Trinajstić information content (AvgIpc) is 3.21. The van der Waals surface area contributed by atoms with Crippen molar-refractivity contribution < 1.29 is 4.79 Å². The first kappa shape index (κ1) is 17.2. The maximum Gasteiger partial charge on any atom is 0.275 e. The first-order chi connectivity index (χ1) is 13.2. The van der Waals surface area contributed by atoms with Crippen LogP contribution in [0.4, 0.5) is 11.5 Å². The van der Waals surface area contributed by atoms with E-state index in [1.54, 1.807) is 23.4 Å². The van der Waals surface area contributed by atoms with Crippen molar-refractivity contribution in [2.24, 2.45) is 0 Å². The SMILES string of the molecule is Cc1ccc(NC(=O)c2cn(-c3cc(N4CCCCC4)ncn3)cn2)cc1. The molecule has 3 aromatic rings. The molecule has 27 heavy (non-hydrogen) atoms. The average molecular weight is 362 g/mol. The van der Waals surface area contributed by atoms with Gasteiger partial charge in [-0.1, -0.05) is 17.7 Å². The van der Waals surface area contributed by atoms with Crippen molar-refractivity contribution in [1.29, 1.82) is 0 Å². The maximum absolute atomic E-state index is 12.4. The lowest BCUT2D eigenvalue weighted by Crippen LogP contribution is -2.30. The summed E-state index contributed by atoms with van der Waals surface area (Å²) in [6.07, 6.45) is 8.50. The quantitative estimate of drug-likeness (QED) is 0.771. The van der Waals surface area contributed by atoms with E-state index in [1.165, 1.54) is 19.3 Å². The molecule has 1 aliphatic rings. The van der Waals surface area contributed by atoms with Crippen LogP contribution in [0.25, 0.3) is 5.82 Å². The van der Waals surface area contributed by atoms with Crippen LogP contribution in [0.1, 0.15) is 35.3 Å². The molecule has 0 unspecified atom stereocenters. The van der Waals surface area contributed by atoms with Crippen molar-refractivity contribution in [2.45, 2.75) is 26.2 Å². The molecule has 0 saturated carbocycles. The highest BCUT2D eigenvalue weighted by molar-refractivity contribution is 6.02. The van der Waals surface area contributed by atoms with Gasteiger partial charge in [0, 0.05) is 31.0 Å². The van der Waals surface area contributed by atoms with E-state index >= 15 is 0 Å². The molecule has 0 spiro atoms. The molecule has 4 rings (SSSR count). The van der Waals surface area contributed by atoms with Crippen molar-refractivity contribution in [3.8, 4) is 5.82 Å². The van der Waals surface area contributed by atoms with Gasteiger partial charge in [-0.05, 0) is 38.3 Å². The first-order valence-electron chi connectivity index (χ1n) is 9.18. The number of benzene rings is 1. The Balaban J connectivity index is 1.50. The molecule has 138 valence electrons. The van der Waals surface area contributed by atoms with Crippen LogP contribution in [0.15, 0.2) is 49.2 Å². The van der Waals surface area contributed by atoms with Gasteiger partial charge >= 0.3 is 0 Å². The summed E-state index contributed by atoms with van der Waals surface area (Å²) < 4.78 is 1.75. The Bertz CT molecular complexity index is 928. The van der Waals surface area contributed by atoms with E-state index in [2.05, 4.69) is 25.2 Å². The molecule has 1 amide bonds. The van der Waals surface area contributed by atoms with E-state index in [0.29, 0.717) is 11.5 Å². The largest absolute Gasteiger partial charge is 0.356 e. The highest BCUT2D eigenvalue weighted by atomic mass is 16.1. The van der Waals surface area contributed by atoms with E-state index in [4.69, 9.17) is 0 Å². The predicted octanol–water partition coefficient (Wildman–Crippen LogP) is 3.21. The molecule has 7 heteroatoms. The lowest BCUT2D eigenvalue weighted by molar-refractivity contribution is 0.102. The summed E-state index contributed by atoms with van der Waals surface area (Å²) in [5, 5.41) is 2.86. The highest BCUT2D eigenvalue weighted by Crippen LogP contribution is 2.19. The summed E-state index contributed by atoms with van der Waals surface area (Å²) in [6, 6.07) is 9.60. The molecular formula is C20H22N6O. The summed E-state index contributed by atoms with van der Waals surface area (Å²) in [4.78, 5) is 27.6. The van der Waals surface area contributed by atoms with Crippen LogP contribution >= 0.6 is 0 Å². The molecule has 1 fully saturated rings. The van der Waals surface area contributed by atoms with Gasteiger partial charge in [0.25, 0.3) is 5.91 Å². The zero-order valence-electron chi connectivity index (χ0n) is 15.3. The second kappa shape index (κ2) is 7.57. The minimum atomic E-state index is -0.247. The van der Waals surface area contributed by atoms with Gasteiger partial charge < -0.3 is 10.2 Å². The molecule has 3 heterocycles. The second-order valence-electron chi connectivity index (χ2n) is 6.77. The molecule has 7 nitrogen and oxygen atoms in total. The van der Waals surface area contributed by atoms with Crippen molar-refractivity contribution in [3.05, 3.63) is 60.4 Å². The topological polar surface area (TPSA) is 75.9 Å². The smallest absolute Gasteiger partial charge is 0.275 e. The number of imidazole rings is 1. The van der Waals surface area contributed by atoms with Crippen molar-refractivity contribution in [3.63, 3.8) is 0 Å². The van der Waals surface area contributed by atoms with E-state index < -0.39 is 0 Å². The predicted molar refractivity (Wildman–Crippen MR) is 104 cm³/mol. The van der Waals surface area contributed by atoms with E-state index in [-0.39, 0.29) is 5.91 Å². The number of hydrogen-bond donors (Lipinski definition) is 1. The third-order valence-corrected chi connectivity index (χ3v) is 4.71. The normalized spacial score (nSPS) is 14.2. The van der Waals surface area contributed by atoms with Crippen LogP contribution in [0, 0.1) is 6.92 Å². The summed E-state index contributed by atoms with van der Waals surface area (Å²) in [5.41, 5.74) is 2.23. The zero-order valence-corrected chi connectivity index (χ0v) is 15.3. The summed E-state index contributed by atoms with van der Waals surface area (Å²) in [7, 11) is 0. The molecule has 1 aliphatic heterocycles. The molecule has 0 bridgehead atoms. The third-order valence-electron chi connectivity index (χ3n) is 4.71. The van der Waals surface area contributed by atoms with Gasteiger partial charge in [0.15, 0.2) is 0 Å². The first-order valence-corrected chi connectivity index (χ1v) is 9.18. The fraction of sp³-hybridized carbons (Fsp3) is 0.300. The molecule has 2 aromatic heterocycles. The Labute approximate surface area is 158 Å². The van der Waals surface area contributed by atoms with Gasteiger partial charge in [-0.25, -0.2) is 15.0 Å². The van der Waals surface area contributed by atoms with Crippen LogP contribution in [-0.4, -0.2) is 38.5 Å². The van der Waals surface area contributed by atoms with Crippen molar-refractivity contribution >= 4 is 17.4 Å². The maximum atomic E-state index is 12.4. The Morgan fingerprint density at radius 2 is 1.74 bits per heavy atom. The molecule has 0 aliphatic carbocycles. The van der Waals surface area contributed by atoms with Gasteiger partial charge in [-0.3, -0.25) is 9.36 Å². The third kappa shape index (κ3) is 3.97. The number of hydrogen-bond acceptors (Lipinski definition) is 5. The Kier molecular flexibility index (Phi) is 4.82. The van der Waals surface area contributed by atoms with Gasteiger partial charge in [0.05, 0.1) is 0 Å². The number of nitrogens with zero attached hydrogens (tertiary/aromatic N) is 5. The molecule has 1 N–H and O–H groups in total. The van der Waals surface area contributed by atoms with Gasteiger partial charge in [-0.2, -0.15) is 0 Å². The summed E-state index contributed by atoms with van der Waals surface area (Å²) in [5.74, 6) is 1.37. The minimum absolute atomic E-state index is 0.247. The highest BCUT2D eigenvalue weighted by Gasteiger charge is 2.15. The minimum Gasteiger partial charge on any atom is -0.356 e. The summed E-state index contributed by atoms with van der Waals surface area (Å²) >= 11 is 0. The van der Waals surface area contributed by atoms with Gasteiger partial charge in [0.1, 0.15) is 30.0 Å². The van der Waals surface area contributed by atoms with Gasteiger partial charge in [0.2, 0.25) is 0 Å². The Morgan fingerprint density at radius 3 is 2.52 bits per heavy atom. The van der Waals surface area contributed by atoms with E-state index in [0.717, 1.165) is 30.2 Å². The molecule has 1 aromatic carbocycles. The number of carbonyl (C=O) groups is 1. The zero-order chi connectivity index (χ0) is 18.6. The number of carbonyl (C=O) groups excluding carboxylic acids is 1. The molecule has 0 atom stereocenters. The standard InChI is InChI=1S/C20H22N6O/c1-15-5-7-16(8-6-15)24-20(27)17-12-26(14-23-17)19-11-18(21-13-22-19)25-9-3-2-4-10-25/h5-8,11-14H,2-4,9-10H2,1H3,(H,24,27). The number of piperidine rings is 1.